The minimum Gasteiger partial charge on any atom is -0.496 e. The summed E-state index contributed by atoms with van der Waals surface area (Å²) < 4.78 is 11.8. The van der Waals surface area contributed by atoms with Gasteiger partial charge >= 0.3 is 0 Å². The van der Waals surface area contributed by atoms with Crippen LogP contribution >= 0.6 is 0 Å². The Kier molecular flexibility index (Phi) is 4.83. The molecule has 1 aliphatic carbocycles. The monoisotopic (exact) mass is 357 g/mol. The predicted octanol–water partition coefficient (Wildman–Crippen LogP) is 1.60. The minimum absolute atomic E-state index is 0.0262. The Bertz CT molecular complexity index is 751. The third-order valence-corrected chi connectivity index (χ3v) is 5.53. The molecule has 26 heavy (non-hydrogen) atoms. The summed E-state index contributed by atoms with van der Waals surface area (Å²) in [5.74, 6) is 2.96. The standard InChI is InChI=1S/C18H23N5O3/c1-25-15-3-2-4-16(17(15)18-20-22-23-21-18)26-14-6-5-11-9-19-13(10-24)7-12(11)8-14/h2-4,10-14,19H,5-9H2,1H3,(H,20,21,22,23)/t11?,12?,13?,14-/m0/s1. The lowest BCUT2D eigenvalue weighted by Gasteiger charge is -2.41. The van der Waals surface area contributed by atoms with Crippen LogP contribution in [0.4, 0.5) is 0 Å². The normalized spacial score (nSPS) is 28.2. The van der Waals surface area contributed by atoms with E-state index in [2.05, 4.69) is 25.9 Å². The first kappa shape index (κ1) is 17.0. The maximum absolute atomic E-state index is 11.1. The van der Waals surface area contributed by atoms with E-state index in [0.717, 1.165) is 38.5 Å². The number of benzene rings is 1. The number of ether oxygens (including phenoxy) is 2. The average molecular weight is 357 g/mol. The molecule has 3 unspecified atom stereocenters. The number of fused-ring (bicyclic) bond motifs is 1. The molecule has 2 aromatic rings. The van der Waals surface area contributed by atoms with Gasteiger partial charge in [-0.3, -0.25) is 0 Å². The van der Waals surface area contributed by atoms with Crippen molar-refractivity contribution in [1.29, 1.82) is 0 Å². The van der Waals surface area contributed by atoms with Crippen molar-refractivity contribution in [2.75, 3.05) is 13.7 Å². The van der Waals surface area contributed by atoms with Crippen LogP contribution in [0.2, 0.25) is 0 Å². The second-order valence-electron chi connectivity index (χ2n) is 7.03. The number of carbonyl (C=O) groups excluding carboxylic acids is 1. The van der Waals surface area contributed by atoms with Gasteiger partial charge in [0.05, 0.1) is 19.3 Å². The molecule has 8 nitrogen and oxygen atoms in total. The molecule has 4 rings (SSSR count). The van der Waals surface area contributed by atoms with Crippen LogP contribution in [0.1, 0.15) is 25.7 Å². The number of methoxy groups -OCH3 is 1. The number of aromatic nitrogens is 4. The highest BCUT2D eigenvalue weighted by molar-refractivity contribution is 5.71. The van der Waals surface area contributed by atoms with E-state index in [4.69, 9.17) is 9.47 Å². The highest BCUT2D eigenvalue weighted by atomic mass is 16.5. The first-order chi connectivity index (χ1) is 12.8. The Morgan fingerprint density at radius 2 is 2.08 bits per heavy atom. The van der Waals surface area contributed by atoms with Crippen LogP contribution in [-0.4, -0.2) is 52.7 Å². The molecule has 8 heteroatoms. The van der Waals surface area contributed by atoms with E-state index in [1.165, 1.54) is 0 Å². The molecule has 1 aromatic heterocycles. The summed E-state index contributed by atoms with van der Waals surface area (Å²) in [5, 5.41) is 17.6. The molecule has 4 atom stereocenters. The number of aromatic amines is 1. The second-order valence-corrected chi connectivity index (χ2v) is 7.03. The number of piperidine rings is 1. The van der Waals surface area contributed by atoms with Gasteiger partial charge in [0.2, 0.25) is 5.82 Å². The van der Waals surface area contributed by atoms with E-state index < -0.39 is 0 Å². The molecule has 1 saturated heterocycles. The lowest BCUT2D eigenvalue weighted by atomic mass is 9.73. The van der Waals surface area contributed by atoms with E-state index in [9.17, 15) is 4.79 Å². The van der Waals surface area contributed by atoms with Crippen LogP contribution in [0.15, 0.2) is 18.2 Å². The molecule has 1 aromatic carbocycles. The van der Waals surface area contributed by atoms with Gasteiger partial charge in [0.15, 0.2) is 0 Å². The third-order valence-electron chi connectivity index (χ3n) is 5.53. The van der Waals surface area contributed by atoms with Crippen molar-refractivity contribution in [1.82, 2.24) is 25.9 Å². The topological polar surface area (TPSA) is 102 Å². The van der Waals surface area contributed by atoms with Crippen molar-refractivity contribution >= 4 is 6.29 Å². The van der Waals surface area contributed by atoms with E-state index in [0.29, 0.717) is 34.7 Å². The highest BCUT2D eigenvalue weighted by Crippen LogP contribution is 2.40. The van der Waals surface area contributed by atoms with Crippen molar-refractivity contribution in [3.05, 3.63) is 18.2 Å². The fourth-order valence-electron chi connectivity index (χ4n) is 4.21. The van der Waals surface area contributed by atoms with Gasteiger partial charge in [-0.15, -0.1) is 10.2 Å². The van der Waals surface area contributed by atoms with Gasteiger partial charge in [0.1, 0.15) is 23.3 Å². The number of carbonyl (C=O) groups is 1. The van der Waals surface area contributed by atoms with E-state index in [-0.39, 0.29) is 12.1 Å². The number of rotatable bonds is 5. The quantitative estimate of drug-likeness (QED) is 0.784. The number of aldehydes is 1. The Morgan fingerprint density at radius 3 is 2.85 bits per heavy atom. The number of H-pyrrole nitrogens is 1. The van der Waals surface area contributed by atoms with Crippen LogP contribution in [0.5, 0.6) is 11.5 Å². The Morgan fingerprint density at radius 1 is 1.19 bits per heavy atom. The molecule has 0 spiro atoms. The molecule has 0 amide bonds. The number of nitrogens with zero attached hydrogens (tertiary/aromatic N) is 3. The molecule has 2 aliphatic rings. The zero-order valence-corrected chi connectivity index (χ0v) is 14.7. The van der Waals surface area contributed by atoms with Gasteiger partial charge in [-0.05, 0) is 61.4 Å². The van der Waals surface area contributed by atoms with Gasteiger partial charge in [-0.25, -0.2) is 0 Å². The van der Waals surface area contributed by atoms with Gasteiger partial charge in [-0.2, -0.15) is 5.21 Å². The molecule has 2 heterocycles. The molecule has 0 radical (unpaired) electrons. The van der Waals surface area contributed by atoms with E-state index >= 15 is 0 Å². The molecular weight excluding hydrogens is 334 g/mol. The molecule has 2 fully saturated rings. The van der Waals surface area contributed by atoms with Gasteiger partial charge in [0, 0.05) is 0 Å². The number of hydrogen-bond donors (Lipinski definition) is 2. The molecular formula is C18H23N5O3. The van der Waals surface area contributed by atoms with Crippen LogP contribution in [-0.2, 0) is 4.79 Å². The van der Waals surface area contributed by atoms with Gasteiger partial charge < -0.3 is 19.6 Å². The maximum atomic E-state index is 11.1. The summed E-state index contributed by atoms with van der Waals surface area (Å²) in [6.07, 6.45) is 5.09. The lowest BCUT2D eigenvalue weighted by molar-refractivity contribution is -0.111. The first-order valence-corrected chi connectivity index (χ1v) is 9.04. The number of tetrazole rings is 1. The Labute approximate surface area is 151 Å². The summed E-state index contributed by atoms with van der Waals surface area (Å²) in [7, 11) is 1.61. The van der Waals surface area contributed by atoms with Gasteiger partial charge in [-0.1, -0.05) is 6.07 Å². The maximum Gasteiger partial charge on any atom is 0.212 e. The molecule has 138 valence electrons. The molecule has 1 saturated carbocycles. The SMILES string of the molecule is COc1cccc(O[C@H]2CCC3CNC(C=O)CC3C2)c1-c1nn[nH]n1. The zero-order chi connectivity index (χ0) is 17.9. The van der Waals surface area contributed by atoms with Crippen LogP contribution in [0.3, 0.4) is 0 Å². The lowest BCUT2D eigenvalue weighted by Crippen LogP contribution is -2.48. The van der Waals surface area contributed by atoms with Crippen molar-refractivity contribution < 1.29 is 14.3 Å². The number of nitrogens with one attached hydrogen (secondary N) is 2. The van der Waals surface area contributed by atoms with Crippen molar-refractivity contribution in [2.45, 2.75) is 37.8 Å². The summed E-state index contributed by atoms with van der Waals surface area (Å²) in [6.45, 7) is 0.925. The third kappa shape index (κ3) is 3.29. The van der Waals surface area contributed by atoms with Crippen LogP contribution in [0.25, 0.3) is 11.4 Å². The number of hydrogen-bond acceptors (Lipinski definition) is 7. The van der Waals surface area contributed by atoms with E-state index in [1.54, 1.807) is 7.11 Å². The molecule has 2 N–H and O–H groups in total. The zero-order valence-electron chi connectivity index (χ0n) is 14.7. The Balaban J connectivity index is 1.53. The average Bonchev–Trinajstić information content (AvgIpc) is 3.21. The summed E-state index contributed by atoms with van der Waals surface area (Å²) in [4.78, 5) is 11.1. The summed E-state index contributed by atoms with van der Waals surface area (Å²) >= 11 is 0. The summed E-state index contributed by atoms with van der Waals surface area (Å²) in [5.41, 5.74) is 0.710. The largest absolute Gasteiger partial charge is 0.496 e. The molecule has 1 aliphatic heterocycles. The summed E-state index contributed by atoms with van der Waals surface area (Å²) in [6, 6.07) is 5.64. The highest BCUT2D eigenvalue weighted by Gasteiger charge is 2.36. The first-order valence-electron chi connectivity index (χ1n) is 9.04. The van der Waals surface area contributed by atoms with Crippen molar-refractivity contribution in [3.8, 4) is 22.9 Å². The fraction of sp³-hybridized carbons (Fsp3) is 0.556. The van der Waals surface area contributed by atoms with Crippen molar-refractivity contribution in [2.24, 2.45) is 11.8 Å². The van der Waals surface area contributed by atoms with Gasteiger partial charge in [0.25, 0.3) is 0 Å². The van der Waals surface area contributed by atoms with Crippen LogP contribution < -0.4 is 14.8 Å². The smallest absolute Gasteiger partial charge is 0.212 e. The minimum atomic E-state index is -0.0262. The fourth-order valence-corrected chi connectivity index (χ4v) is 4.21. The van der Waals surface area contributed by atoms with E-state index in [1.807, 2.05) is 18.2 Å². The predicted molar refractivity (Wildman–Crippen MR) is 93.9 cm³/mol. The Hall–Kier alpha value is -2.48. The second kappa shape index (κ2) is 7.41. The molecule has 0 bridgehead atoms. The van der Waals surface area contributed by atoms with Crippen molar-refractivity contribution in [3.63, 3.8) is 0 Å². The van der Waals surface area contributed by atoms with Crippen LogP contribution in [0, 0.1) is 11.8 Å².